The molecule has 0 aromatic heterocycles. The second-order valence-electron chi connectivity index (χ2n) is 7.53. The van der Waals surface area contributed by atoms with Crippen LogP contribution in [0.2, 0.25) is 5.02 Å². The van der Waals surface area contributed by atoms with E-state index in [1.165, 1.54) is 0 Å². The lowest BCUT2D eigenvalue weighted by atomic mass is 10.0. The largest absolute Gasteiger partial charge is 0.484 e. The molecule has 5 nitrogen and oxygen atoms in total. The highest BCUT2D eigenvalue weighted by atomic mass is 35.5. The molecule has 0 radical (unpaired) electrons. The van der Waals surface area contributed by atoms with E-state index in [0.717, 1.165) is 16.7 Å². The lowest BCUT2D eigenvalue weighted by Crippen LogP contribution is -2.51. The first-order valence-corrected chi connectivity index (χ1v) is 10.8. The Balaban J connectivity index is 1.84. The maximum atomic E-state index is 13.3. The molecule has 0 bridgehead atoms. The lowest BCUT2D eigenvalue weighted by Gasteiger charge is -2.31. The fourth-order valence-electron chi connectivity index (χ4n) is 3.44. The summed E-state index contributed by atoms with van der Waals surface area (Å²) in [7, 11) is 1.58. The van der Waals surface area contributed by atoms with Gasteiger partial charge in [-0.05, 0) is 41.8 Å². The molecule has 0 unspecified atom stereocenters. The first-order chi connectivity index (χ1) is 15.5. The number of amides is 2. The summed E-state index contributed by atoms with van der Waals surface area (Å²) in [5, 5.41) is 3.34. The third-order valence-corrected chi connectivity index (χ3v) is 5.63. The Morgan fingerprint density at radius 2 is 1.59 bits per heavy atom. The summed E-state index contributed by atoms with van der Waals surface area (Å²) in [6, 6.07) is 23.9. The van der Waals surface area contributed by atoms with Crippen LogP contribution in [-0.2, 0) is 22.6 Å². The Hall–Kier alpha value is -3.31. The van der Waals surface area contributed by atoms with E-state index < -0.39 is 6.04 Å². The van der Waals surface area contributed by atoms with Gasteiger partial charge in [0.2, 0.25) is 5.91 Å². The number of nitrogens with one attached hydrogen (secondary N) is 1. The molecule has 6 heteroatoms. The number of nitrogens with zero attached hydrogens (tertiary/aromatic N) is 1. The summed E-state index contributed by atoms with van der Waals surface area (Å²) >= 11 is 6.08. The van der Waals surface area contributed by atoms with Crippen molar-refractivity contribution in [1.82, 2.24) is 10.2 Å². The average Bonchev–Trinajstić information content (AvgIpc) is 2.82. The van der Waals surface area contributed by atoms with Gasteiger partial charge in [0.15, 0.2) is 6.61 Å². The highest BCUT2D eigenvalue weighted by molar-refractivity contribution is 6.31. The molecule has 3 aromatic carbocycles. The van der Waals surface area contributed by atoms with Crippen LogP contribution in [0.4, 0.5) is 0 Å². The third kappa shape index (κ3) is 6.34. The summed E-state index contributed by atoms with van der Waals surface area (Å²) in [6.45, 7) is 1.99. The topological polar surface area (TPSA) is 58.6 Å². The van der Waals surface area contributed by atoms with Gasteiger partial charge in [-0.2, -0.15) is 0 Å². The van der Waals surface area contributed by atoms with Gasteiger partial charge < -0.3 is 15.0 Å². The Bertz CT molecular complexity index is 1040. The molecule has 0 spiro atoms. The van der Waals surface area contributed by atoms with Crippen molar-refractivity contribution in [1.29, 1.82) is 0 Å². The standard InChI is InChI=1S/C26H27ClN2O3/c1-19-15-22(13-14-23(19)27)32-18-25(30)29(17-21-11-7-4-8-12-21)24(26(31)28-2)16-20-9-5-3-6-10-20/h3-15,24H,16-18H2,1-2H3,(H,28,31)/t24-/m1/s1. The van der Waals surface area contributed by atoms with Crippen molar-refractivity contribution in [2.45, 2.75) is 25.9 Å². The van der Waals surface area contributed by atoms with Crippen LogP contribution in [0.25, 0.3) is 0 Å². The number of aryl methyl sites for hydroxylation is 1. The summed E-state index contributed by atoms with van der Waals surface area (Å²) in [4.78, 5) is 27.8. The second-order valence-corrected chi connectivity index (χ2v) is 7.93. The zero-order valence-corrected chi connectivity index (χ0v) is 19.0. The van der Waals surface area contributed by atoms with Crippen molar-refractivity contribution in [3.05, 3.63) is 101 Å². The van der Waals surface area contributed by atoms with Crippen LogP contribution in [0.5, 0.6) is 5.75 Å². The van der Waals surface area contributed by atoms with Gasteiger partial charge in [-0.1, -0.05) is 72.3 Å². The van der Waals surface area contributed by atoms with Gasteiger partial charge in [0.25, 0.3) is 5.91 Å². The van der Waals surface area contributed by atoms with Gasteiger partial charge in [0, 0.05) is 25.0 Å². The van der Waals surface area contributed by atoms with Gasteiger partial charge >= 0.3 is 0 Å². The molecule has 0 aliphatic rings. The average molecular weight is 451 g/mol. The van der Waals surface area contributed by atoms with Crippen LogP contribution in [0.1, 0.15) is 16.7 Å². The van der Waals surface area contributed by atoms with E-state index in [0.29, 0.717) is 23.7 Å². The van der Waals surface area contributed by atoms with Crippen molar-refractivity contribution in [3.63, 3.8) is 0 Å². The van der Waals surface area contributed by atoms with E-state index in [4.69, 9.17) is 16.3 Å². The molecule has 0 saturated heterocycles. The maximum Gasteiger partial charge on any atom is 0.261 e. The Morgan fingerprint density at radius 3 is 2.19 bits per heavy atom. The van der Waals surface area contributed by atoms with E-state index in [9.17, 15) is 9.59 Å². The molecular weight excluding hydrogens is 424 g/mol. The first-order valence-electron chi connectivity index (χ1n) is 10.5. The van der Waals surface area contributed by atoms with Gasteiger partial charge in [0.05, 0.1) is 0 Å². The molecule has 32 heavy (non-hydrogen) atoms. The maximum absolute atomic E-state index is 13.3. The van der Waals surface area contributed by atoms with Crippen molar-refractivity contribution in [2.24, 2.45) is 0 Å². The Kier molecular flexibility index (Phi) is 8.28. The summed E-state index contributed by atoms with van der Waals surface area (Å²) in [6.07, 6.45) is 0.402. The number of benzene rings is 3. The molecule has 1 N–H and O–H groups in total. The minimum absolute atomic E-state index is 0.184. The molecule has 1 atom stereocenters. The van der Waals surface area contributed by atoms with Crippen LogP contribution >= 0.6 is 11.6 Å². The molecule has 0 aliphatic heterocycles. The zero-order valence-electron chi connectivity index (χ0n) is 18.3. The van der Waals surface area contributed by atoms with Crippen molar-refractivity contribution >= 4 is 23.4 Å². The predicted molar refractivity (Wildman–Crippen MR) is 127 cm³/mol. The molecule has 2 amide bonds. The number of hydrogen-bond acceptors (Lipinski definition) is 3. The van der Waals surface area contributed by atoms with E-state index in [2.05, 4.69) is 5.32 Å². The van der Waals surface area contributed by atoms with Crippen molar-refractivity contribution in [2.75, 3.05) is 13.7 Å². The second kappa shape index (κ2) is 11.3. The number of halogens is 1. The summed E-state index contributed by atoms with van der Waals surface area (Å²) in [5.41, 5.74) is 2.77. The quantitative estimate of drug-likeness (QED) is 0.525. The van der Waals surface area contributed by atoms with Gasteiger partial charge in [0.1, 0.15) is 11.8 Å². The molecule has 0 heterocycles. The number of carbonyl (C=O) groups is 2. The first kappa shape index (κ1) is 23.4. The van der Waals surface area contributed by atoms with Crippen LogP contribution in [0.3, 0.4) is 0 Å². The highest BCUT2D eigenvalue weighted by Gasteiger charge is 2.30. The SMILES string of the molecule is CNC(=O)[C@@H](Cc1ccccc1)N(Cc1ccccc1)C(=O)COc1ccc(Cl)c(C)c1. The molecular formula is C26H27ClN2O3. The highest BCUT2D eigenvalue weighted by Crippen LogP contribution is 2.21. The smallest absolute Gasteiger partial charge is 0.261 e. The minimum atomic E-state index is -0.675. The number of rotatable bonds is 9. The molecule has 0 aliphatic carbocycles. The number of carbonyl (C=O) groups excluding carboxylic acids is 2. The molecule has 3 aromatic rings. The summed E-state index contributed by atoms with van der Waals surface area (Å²) in [5.74, 6) is 0.0610. The normalized spacial score (nSPS) is 11.5. The number of hydrogen-bond donors (Lipinski definition) is 1. The van der Waals surface area contributed by atoms with Crippen LogP contribution in [-0.4, -0.2) is 36.4 Å². The fraction of sp³-hybridized carbons (Fsp3) is 0.231. The predicted octanol–water partition coefficient (Wildman–Crippen LogP) is 4.41. The Morgan fingerprint density at radius 1 is 0.969 bits per heavy atom. The third-order valence-electron chi connectivity index (χ3n) is 5.20. The van der Waals surface area contributed by atoms with E-state index in [1.807, 2.05) is 67.6 Å². The zero-order chi connectivity index (χ0) is 22.9. The lowest BCUT2D eigenvalue weighted by molar-refractivity contribution is -0.142. The van der Waals surface area contributed by atoms with Crippen LogP contribution in [0.15, 0.2) is 78.9 Å². The van der Waals surface area contributed by atoms with Gasteiger partial charge in [-0.25, -0.2) is 0 Å². The van der Waals surface area contributed by atoms with E-state index in [-0.39, 0.29) is 18.4 Å². The molecule has 0 fully saturated rings. The van der Waals surface area contributed by atoms with Crippen LogP contribution < -0.4 is 10.1 Å². The van der Waals surface area contributed by atoms with Crippen molar-refractivity contribution < 1.29 is 14.3 Å². The van der Waals surface area contributed by atoms with E-state index in [1.54, 1.807) is 30.1 Å². The fourth-order valence-corrected chi connectivity index (χ4v) is 3.55. The van der Waals surface area contributed by atoms with Crippen molar-refractivity contribution in [3.8, 4) is 5.75 Å². The number of likely N-dealkylation sites (N-methyl/N-ethyl adjacent to an activating group) is 1. The molecule has 0 saturated carbocycles. The minimum Gasteiger partial charge on any atom is -0.484 e. The molecule has 166 valence electrons. The number of ether oxygens (including phenoxy) is 1. The Labute approximate surface area is 194 Å². The summed E-state index contributed by atoms with van der Waals surface area (Å²) < 4.78 is 5.75. The van der Waals surface area contributed by atoms with Gasteiger partial charge in [-0.3, -0.25) is 9.59 Å². The molecule has 3 rings (SSSR count). The monoisotopic (exact) mass is 450 g/mol. The van der Waals surface area contributed by atoms with E-state index >= 15 is 0 Å². The van der Waals surface area contributed by atoms with Gasteiger partial charge in [-0.15, -0.1) is 0 Å². The van der Waals surface area contributed by atoms with Crippen LogP contribution in [0, 0.1) is 6.92 Å².